The van der Waals surface area contributed by atoms with Crippen LogP contribution in [-0.2, 0) is 11.0 Å². The molecule has 0 saturated heterocycles. The molecule has 0 aliphatic heterocycles. The van der Waals surface area contributed by atoms with Crippen LogP contribution in [0.3, 0.4) is 0 Å². The van der Waals surface area contributed by atoms with Gasteiger partial charge in [-0.2, -0.15) is 13.2 Å². The number of carboxylic acids is 1. The number of rotatable bonds is 6. The van der Waals surface area contributed by atoms with Gasteiger partial charge in [0.15, 0.2) is 0 Å². The fourth-order valence-corrected chi connectivity index (χ4v) is 3.99. The zero-order valence-electron chi connectivity index (χ0n) is 17.1. The molecule has 2 aromatic heterocycles. The lowest BCUT2D eigenvalue weighted by molar-refractivity contribution is -0.141. The van der Waals surface area contributed by atoms with E-state index in [2.05, 4.69) is 15.0 Å². The van der Waals surface area contributed by atoms with E-state index < -0.39 is 17.8 Å². The van der Waals surface area contributed by atoms with Gasteiger partial charge in [-0.25, -0.2) is 4.98 Å². The first kappa shape index (κ1) is 21.9. The van der Waals surface area contributed by atoms with Crippen LogP contribution in [0.5, 0.6) is 5.75 Å². The Morgan fingerprint density at radius 2 is 1.81 bits per heavy atom. The van der Waals surface area contributed by atoms with Gasteiger partial charge in [0.2, 0.25) is 0 Å². The summed E-state index contributed by atoms with van der Waals surface area (Å²) >= 11 is 0. The van der Waals surface area contributed by atoms with Crippen molar-refractivity contribution in [2.75, 3.05) is 0 Å². The molecule has 32 heavy (non-hydrogen) atoms. The summed E-state index contributed by atoms with van der Waals surface area (Å²) < 4.78 is 44.2. The summed E-state index contributed by atoms with van der Waals surface area (Å²) in [6.07, 6.45) is 1.46. The summed E-state index contributed by atoms with van der Waals surface area (Å²) in [5, 5.41) is 9.00. The summed E-state index contributed by atoms with van der Waals surface area (Å²) in [7, 11) is 0. The number of nitrogens with one attached hydrogen (secondary N) is 1. The standard InChI is InChI=1S/C23H22F3N3O3/c24-23(25,26)20-13-28-22(29-20)16-6-9-19(27-12-16)15-4-7-17(8-5-15)32-18-3-1-2-14(10-18)11-21(30)31/h4-9,12-14,18H,1-3,10-11H2,(H,28,29)(H,30,31)/t14-,18+/m0/s1. The molecule has 1 aromatic carbocycles. The van der Waals surface area contributed by atoms with E-state index >= 15 is 0 Å². The van der Waals surface area contributed by atoms with Gasteiger partial charge >= 0.3 is 12.1 Å². The van der Waals surface area contributed by atoms with Crippen LogP contribution in [0.25, 0.3) is 22.6 Å². The van der Waals surface area contributed by atoms with Gasteiger partial charge in [0, 0.05) is 23.7 Å². The van der Waals surface area contributed by atoms with Gasteiger partial charge in [-0.05, 0) is 68.0 Å². The van der Waals surface area contributed by atoms with Crippen LogP contribution in [0, 0.1) is 5.92 Å². The maximum absolute atomic E-state index is 12.7. The number of halogens is 3. The van der Waals surface area contributed by atoms with Gasteiger partial charge in [-0.3, -0.25) is 9.78 Å². The largest absolute Gasteiger partial charge is 0.490 e. The number of aromatic nitrogens is 3. The van der Waals surface area contributed by atoms with E-state index in [4.69, 9.17) is 9.84 Å². The van der Waals surface area contributed by atoms with E-state index in [9.17, 15) is 18.0 Å². The third kappa shape index (κ3) is 5.27. The molecule has 0 amide bonds. The Kier molecular flexibility index (Phi) is 6.16. The minimum Gasteiger partial charge on any atom is -0.490 e. The molecule has 0 bridgehead atoms. The first-order chi connectivity index (χ1) is 15.3. The van der Waals surface area contributed by atoms with E-state index in [1.165, 1.54) is 6.20 Å². The van der Waals surface area contributed by atoms with Crippen molar-refractivity contribution in [3.05, 3.63) is 54.5 Å². The van der Waals surface area contributed by atoms with Gasteiger partial charge in [0.05, 0.1) is 18.0 Å². The molecule has 9 heteroatoms. The van der Waals surface area contributed by atoms with Gasteiger partial charge in [0.25, 0.3) is 0 Å². The molecule has 1 aliphatic carbocycles. The van der Waals surface area contributed by atoms with E-state index in [-0.39, 0.29) is 24.3 Å². The van der Waals surface area contributed by atoms with Crippen molar-refractivity contribution in [1.82, 2.24) is 15.0 Å². The molecular formula is C23H22F3N3O3. The number of nitrogens with zero attached hydrogens (tertiary/aromatic N) is 2. The number of H-pyrrole nitrogens is 1. The minimum absolute atomic E-state index is 0.00578. The Morgan fingerprint density at radius 1 is 1.06 bits per heavy atom. The highest BCUT2D eigenvalue weighted by atomic mass is 19.4. The van der Waals surface area contributed by atoms with Crippen molar-refractivity contribution in [2.24, 2.45) is 5.92 Å². The smallest absolute Gasteiger partial charge is 0.432 e. The number of aliphatic carboxylic acids is 1. The number of imidazole rings is 1. The Balaban J connectivity index is 1.40. The monoisotopic (exact) mass is 445 g/mol. The van der Waals surface area contributed by atoms with E-state index in [0.717, 1.165) is 37.4 Å². The molecule has 2 N–H and O–H groups in total. The summed E-state index contributed by atoms with van der Waals surface area (Å²) in [6, 6.07) is 10.8. The predicted octanol–water partition coefficient (Wildman–Crippen LogP) is 5.57. The molecule has 6 nitrogen and oxygen atoms in total. The molecule has 3 aromatic rings. The van der Waals surface area contributed by atoms with Crippen molar-refractivity contribution in [1.29, 1.82) is 0 Å². The highest BCUT2D eigenvalue weighted by Crippen LogP contribution is 2.32. The SMILES string of the molecule is O=C(O)C[C@H]1CCC[C@@H](Oc2ccc(-c3ccc(-c4ncc(C(F)(F)F)[nH]4)cn3)cc2)C1. The molecular weight excluding hydrogens is 423 g/mol. The number of hydrogen-bond acceptors (Lipinski definition) is 4. The second-order valence-corrected chi connectivity index (χ2v) is 7.97. The molecule has 0 unspecified atom stereocenters. The summed E-state index contributed by atoms with van der Waals surface area (Å²) in [5.74, 6) is 0.191. The Hall–Kier alpha value is -3.36. The molecule has 0 spiro atoms. The average molecular weight is 445 g/mol. The molecule has 0 radical (unpaired) electrons. The molecule has 2 atom stereocenters. The van der Waals surface area contributed by atoms with Crippen molar-refractivity contribution in [2.45, 2.75) is 44.4 Å². The van der Waals surface area contributed by atoms with Crippen LogP contribution in [0.2, 0.25) is 0 Å². The van der Waals surface area contributed by atoms with Crippen LogP contribution in [0.4, 0.5) is 13.2 Å². The number of alkyl halides is 3. The Labute approximate surface area is 182 Å². The van der Waals surface area contributed by atoms with Crippen LogP contribution >= 0.6 is 0 Å². The van der Waals surface area contributed by atoms with E-state index in [1.54, 1.807) is 12.1 Å². The molecule has 4 rings (SSSR count). The van der Waals surface area contributed by atoms with Crippen molar-refractivity contribution < 1.29 is 27.8 Å². The average Bonchev–Trinajstić information content (AvgIpc) is 3.25. The molecule has 1 fully saturated rings. The van der Waals surface area contributed by atoms with Gasteiger partial charge in [-0.1, -0.05) is 0 Å². The molecule has 1 saturated carbocycles. The van der Waals surface area contributed by atoms with Crippen LogP contribution in [0.1, 0.15) is 37.8 Å². The predicted molar refractivity (Wildman–Crippen MR) is 111 cm³/mol. The van der Waals surface area contributed by atoms with Crippen LogP contribution in [0.15, 0.2) is 48.8 Å². The molecule has 168 valence electrons. The normalized spacial score (nSPS) is 19.0. The fraction of sp³-hybridized carbons (Fsp3) is 0.348. The Bertz CT molecular complexity index is 1060. The van der Waals surface area contributed by atoms with E-state index in [1.807, 2.05) is 24.3 Å². The van der Waals surface area contributed by atoms with Gasteiger partial charge in [-0.15, -0.1) is 0 Å². The highest BCUT2D eigenvalue weighted by molar-refractivity contribution is 5.67. The molecule has 2 heterocycles. The number of carbonyl (C=O) groups is 1. The minimum atomic E-state index is -4.47. The summed E-state index contributed by atoms with van der Waals surface area (Å²) in [5.41, 5.74) is 1.06. The zero-order valence-corrected chi connectivity index (χ0v) is 17.1. The number of aromatic amines is 1. The highest BCUT2D eigenvalue weighted by Gasteiger charge is 2.33. The topological polar surface area (TPSA) is 88.1 Å². The second-order valence-electron chi connectivity index (χ2n) is 7.97. The van der Waals surface area contributed by atoms with Gasteiger partial charge in [0.1, 0.15) is 17.3 Å². The van der Waals surface area contributed by atoms with Crippen LogP contribution in [-0.4, -0.2) is 32.1 Å². The third-order valence-electron chi connectivity index (χ3n) is 5.57. The van der Waals surface area contributed by atoms with Crippen molar-refractivity contribution in [3.63, 3.8) is 0 Å². The zero-order chi connectivity index (χ0) is 22.7. The number of benzene rings is 1. The lowest BCUT2D eigenvalue weighted by Gasteiger charge is -2.28. The first-order valence-corrected chi connectivity index (χ1v) is 10.4. The van der Waals surface area contributed by atoms with Crippen LogP contribution < -0.4 is 4.74 Å². The Morgan fingerprint density at radius 3 is 2.44 bits per heavy atom. The van der Waals surface area contributed by atoms with Crippen molar-refractivity contribution >= 4 is 5.97 Å². The number of carboxylic acid groups (broad SMARTS) is 1. The third-order valence-corrected chi connectivity index (χ3v) is 5.57. The number of hydrogen-bond donors (Lipinski definition) is 2. The lowest BCUT2D eigenvalue weighted by Crippen LogP contribution is -2.26. The lowest BCUT2D eigenvalue weighted by atomic mass is 9.85. The summed E-state index contributed by atoms with van der Waals surface area (Å²) in [4.78, 5) is 21.3. The van der Waals surface area contributed by atoms with E-state index in [0.29, 0.717) is 17.0 Å². The maximum Gasteiger partial charge on any atom is 0.432 e. The number of ether oxygens (including phenoxy) is 1. The fourth-order valence-electron chi connectivity index (χ4n) is 3.99. The quantitative estimate of drug-likeness (QED) is 0.518. The summed E-state index contributed by atoms with van der Waals surface area (Å²) in [6.45, 7) is 0. The first-order valence-electron chi connectivity index (χ1n) is 10.4. The number of pyridine rings is 1. The maximum atomic E-state index is 12.7. The van der Waals surface area contributed by atoms with Crippen molar-refractivity contribution in [3.8, 4) is 28.4 Å². The van der Waals surface area contributed by atoms with Gasteiger partial charge < -0.3 is 14.8 Å². The molecule has 1 aliphatic rings. The second kappa shape index (κ2) is 9.02.